The van der Waals surface area contributed by atoms with E-state index in [1.54, 1.807) is 0 Å². The van der Waals surface area contributed by atoms with Crippen LogP contribution in [0.25, 0.3) is 0 Å². The maximum Gasteiger partial charge on any atom is 0.309 e. The molecular weight excluding hydrogens is 319 g/mol. The summed E-state index contributed by atoms with van der Waals surface area (Å²) in [6, 6.07) is 0. The average molecular weight is 323 g/mol. The molecule has 0 heterocycles. The van der Waals surface area contributed by atoms with Gasteiger partial charge in [-0.2, -0.15) is 0 Å². The molecule has 0 aromatic carbocycles. The van der Waals surface area contributed by atoms with Gasteiger partial charge in [0.2, 0.25) is 5.91 Å². The normalized spacial score (nSPS) is 7.71. The molecule has 5 heteroatoms. The fraction of sp³-hybridized carbons (Fsp3) is 0.500. The Morgan fingerprint density at radius 3 is 2.57 bits per heavy atom. The van der Waals surface area contributed by atoms with Crippen molar-refractivity contribution in [2.45, 2.75) is 0 Å². The van der Waals surface area contributed by atoms with E-state index in [1.807, 2.05) is 22.6 Å². The van der Waals surface area contributed by atoms with Crippen LogP contribution in [0.3, 0.4) is 0 Å². The molecule has 2 nitrogen and oxygen atoms in total. The SMILES string of the molecule is O=C(CI)NBI. The highest BCUT2D eigenvalue weighted by molar-refractivity contribution is 14.1. The second-order valence-electron chi connectivity index (χ2n) is 0.867. The first-order valence-electron chi connectivity index (χ1n) is 1.70. The predicted octanol–water partition coefficient (Wildman–Crippen LogP) is 0.239. The molecule has 0 atom stereocenters. The molecule has 0 aliphatic heterocycles. The molecule has 0 aliphatic carbocycles. The minimum atomic E-state index is 0.106. The Balaban J connectivity index is 3.00. The van der Waals surface area contributed by atoms with Crippen LogP contribution in [0, 0.1) is 0 Å². The molecule has 0 radical (unpaired) electrons. The van der Waals surface area contributed by atoms with E-state index in [0.29, 0.717) is 9.70 Å². The van der Waals surface area contributed by atoms with Crippen molar-refractivity contribution in [1.29, 1.82) is 0 Å². The van der Waals surface area contributed by atoms with Crippen LogP contribution in [0.5, 0.6) is 0 Å². The van der Waals surface area contributed by atoms with Gasteiger partial charge in [-0.25, -0.2) is 0 Å². The first-order chi connectivity index (χ1) is 3.31. The molecular formula is C2H4BI2NO. The van der Waals surface area contributed by atoms with Gasteiger partial charge in [0, 0.05) is 0 Å². The lowest BCUT2D eigenvalue weighted by molar-refractivity contribution is -0.116. The quantitative estimate of drug-likeness (QED) is 0.440. The Bertz CT molecular complexity index is 68.7. The van der Waals surface area contributed by atoms with Gasteiger partial charge < -0.3 is 5.23 Å². The highest BCUT2D eigenvalue weighted by Crippen LogP contribution is 1.79. The Labute approximate surface area is 70.1 Å². The zero-order valence-electron chi connectivity index (χ0n) is 3.58. The van der Waals surface area contributed by atoms with E-state index in [2.05, 4.69) is 27.6 Å². The number of rotatable bonds is 2. The fourth-order valence-corrected chi connectivity index (χ4v) is 0.817. The largest absolute Gasteiger partial charge is 0.392 e. The molecule has 0 saturated heterocycles. The molecule has 0 fully saturated rings. The lowest BCUT2D eigenvalue weighted by Crippen LogP contribution is -2.24. The number of amides is 1. The van der Waals surface area contributed by atoms with Crippen LogP contribution in [-0.2, 0) is 4.79 Å². The third kappa shape index (κ3) is 4.86. The molecule has 0 bridgehead atoms. The molecule has 0 spiro atoms. The van der Waals surface area contributed by atoms with Crippen molar-refractivity contribution in [1.82, 2.24) is 5.23 Å². The van der Waals surface area contributed by atoms with Crippen LogP contribution in [0.4, 0.5) is 0 Å². The van der Waals surface area contributed by atoms with Gasteiger partial charge in [0.1, 0.15) is 0 Å². The van der Waals surface area contributed by atoms with Gasteiger partial charge in [-0.05, 0) is 0 Å². The zero-order valence-corrected chi connectivity index (χ0v) is 7.89. The van der Waals surface area contributed by atoms with E-state index >= 15 is 0 Å². The van der Waals surface area contributed by atoms with E-state index in [-0.39, 0.29) is 5.91 Å². The number of nitrogens with one attached hydrogen (secondary N) is 1. The van der Waals surface area contributed by atoms with Gasteiger partial charge in [-0.3, -0.25) is 4.79 Å². The van der Waals surface area contributed by atoms with Crippen LogP contribution in [-0.4, -0.2) is 15.6 Å². The summed E-state index contributed by atoms with van der Waals surface area (Å²) in [5, 5.41) is 3.34. The van der Waals surface area contributed by atoms with Crippen molar-refractivity contribution < 1.29 is 4.79 Å². The van der Waals surface area contributed by atoms with Crippen LogP contribution >= 0.6 is 45.0 Å². The van der Waals surface area contributed by atoms with E-state index in [4.69, 9.17) is 0 Å². The fourth-order valence-electron chi connectivity index (χ4n) is 0.122. The topological polar surface area (TPSA) is 29.1 Å². The van der Waals surface area contributed by atoms with Crippen LogP contribution < -0.4 is 5.23 Å². The zero-order chi connectivity index (χ0) is 5.70. The molecule has 1 amide bonds. The molecule has 1 N–H and O–H groups in total. The summed E-state index contributed by atoms with van der Waals surface area (Å²) in [7, 11) is 0. The average Bonchev–Trinajstić information content (AvgIpc) is 1.68. The molecule has 0 aliphatic rings. The molecule has 0 unspecified atom stereocenters. The Kier molecular flexibility index (Phi) is 5.87. The first kappa shape index (κ1) is 7.99. The van der Waals surface area contributed by atoms with Crippen LogP contribution in [0.1, 0.15) is 0 Å². The van der Waals surface area contributed by atoms with Crippen molar-refractivity contribution in [2.24, 2.45) is 0 Å². The predicted molar refractivity (Wildman–Crippen MR) is 48.2 cm³/mol. The number of alkyl halides is 1. The van der Waals surface area contributed by atoms with Gasteiger partial charge in [0.25, 0.3) is 0 Å². The number of hydrogen-bond acceptors (Lipinski definition) is 1. The van der Waals surface area contributed by atoms with E-state index < -0.39 is 0 Å². The second-order valence-corrected chi connectivity index (χ2v) is 2.39. The van der Waals surface area contributed by atoms with Gasteiger partial charge in [0.15, 0.2) is 0 Å². The molecule has 0 aromatic rings. The number of carbonyl (C=O) groups is 1. The van der Waals surface area contributed by atoms with Crippen molar-refractivity contribution in [3.8, 4) is 0 Å². The molecule has 7 heavy (non-hydrogen) atoms. The maximum absolute atomic E-state index is 10.3. The number of hydrogen-bond donors (Lipinski definition) is 1. The molecule has 0 rings (SSSR count). The summed E-state index contributed by atoms with van der Waals surface area (Å²) < 4.78 is 0.556. The van der Waals surface area contributed by atoms with Gasteiger partial charge in [-0.15, -0.1) is 22.4 Å². The van der Waals surface area contributed by atoms with Crippen LogP contribution in [0.2, 0.25) is 0 Å². The Hall–Kier alpha value is 0.995. The molecule has 0 aromatic heterocycles. The van der Waals surface area contributed by atoms with Gasteiger partial charge >= 0.3 is 5.27 Å². The molecule has 0 saturated carbocycles. The highest BCUT2D eigenvalue weighted by Gasteiger charge is 1.91. The number of carbonyl (C=O) groups excluding carboxylic acids is 1. The number of halogens is 2. The minimum absolute atomic E-state index is 0.106. The summed E-state index contributed by atoms with van der Waals surface area (Å²) >= 11 is 4.11. The summed E-state index contributed by atoms with van der Waals surface area (Å²) in [5.74, 6) is 0.106. The maximum atomic E-state index is 10.3. The third-order valence-corrected chi connectivity index (χ3v) is 1.46. The smallest absolute Gasteiger partial charge is 0.309 e. The van der Waals surface area contributed by atoms with Crippen molar-refractivity contribution in [3.05, 3.63) is 0 Å². The van der Waals surface area contributed by atoms with Crippen molar-refractivity contribution in [2.75, 3.05) is 4.43 Å². The van der Waals surface area contributed by atoms with E-state index in [1.165, 1.54) is 0 Å². The third-order valence-electron chi connectivity index (χ3n) is 0.385. The highest BCUT2D eigenvalue weighted by atomic mass is 127. The molecule has 40 valence electrons. The van der Waals surface area contributed by atoms with Crippen molar-refractivity contribution >= 4 is 56.1 Å². The van der Waals surface area contributed by atoms with E-state index in [0.717, 1.165) is 0 Å². The second kappa shape index (κ2) is 5.14. The standard InChI is InChI=1S/C2H4BI2NO/c4-1-2(7)6-3-5/h3H,1H2,(H,6,7). The first-order valence-corrected chi connectivity index (χ1v) is 4.75. The van der Waals surface area contributed by atoms with Gasteiger partial charge in [-0.1, -0.05) is 22.6 Å². The summed E-state index contributed by atoms with van der Waals surface area (Å²) in [6.07, 6.45) is 0. The van der Waals surface area contributed by atoms with Crippen LogP contribution in [0.15, 0.2) is 0 Å². The lowest BCUT2D eigenvalue weighted by atomic mass is 10.4. The monoisotopic (exact) mass is 323 g/mol. The summed E-state index contributed by atoms with van der Waals surface area (Å²) in [5.41, 5.74) is 0. The lowest BCUT2D eigenvalue weighted by Gasteiger charge is -1.90. The Morgan fingerprint density at radius 2 is 2.43 bits per heavy atom. The minimum Gasteiger partial charge on any atom is -0.392 e. The summed E-state index contributed by atoms with van der Waals surface area (Å²) in [6.45, 7) is 0. The Morgan fingerprint density at radius 1 is 1.86 bits per heavy atom. The van der Waals surface area contributed by atoms with E-state index in [9.17, 15) is 4.79 Å². The summed E-state index contributed by atoms with van der Waals surface area (Å²) in [4.78, 5) is 10.3. The van der Waals surface area contributed by atoms with Gasteiger partial charge in [0.05, 0.1) is 4.43 Å². The van der Waals surface area contributed by atoms with Crippen molar-refractivity contribution in [3.63, 3.8) is 0 Å².